The van der Waals surface area contributed by atoms with Crippen molar-refractivity contribution in [3.8, 4) is 0 Å². The van der Waals surface area contributed by atoms with E-state index in [0.717, 1.165) is 45.3 Å². The standard InChI is InChI=1S/C21H30N2O3/c1-20(2,26)8-7-16-3-5-17(6-4-16)15-23-11-9-21(10-12-23)13-18(24)22-19(25)14-21/h3-6,26H,7-15H2,1-2H3,(H,22,24,25). The molecule has 2 aliphatic heterocycles. The number of hydrogen-bond acceptors (Lipinski definition) is 4. The lowest BCUT2D eigenvalue weighted by Gasteiger charge is -2.43. The fourth-order valence-corrected chi connectivity index (χ4v) is 4.05. The Morgan fingerprint density at radius 2 is 1.58 bits per heavy atom. The number of nitrogens with one attached hydrogen (secondary N) is 1. The summed E-state index contributed by atoms with van der Waals surface area (Å²) in [7, 11) is 0. The third-order valence-corrected chi connectivity index (χ3v) is 5.72. The van der Waals surface area contributed by atoms with Gasteiger partial charge in [-0.25, -0.2) is 0 Å². The Labute approximate surface area is 155 Å². The zero-order valence-corrected chi connectivity index (χ0v) is 15.9. The first-order valence-corrected chi connectivity index (χ1v) is 9.58. The highest BCUT2D eigenvalue weighted by molar-refractivity contribution is 5.98. The molecule has 2 aliphatic rings. The molecule has 0 atom stereocenters. The van der Waals surface area contributed by atoms with Crippen molar-refractivity contribution in [1.82, 2.24) is 10.2 Å². The molecule has 5 nitrogen and oxygen atoms in total. The molecule has 2 fully saturated rings. The summed E-state index contributed by atoms with van der Waals surface area (Å²) < 4.78 is 0. The number of carbonyl (C=O) groups excluding carboxylic acids is 2. The molecular formula is C21H30N2O3. The average molecular weight is 358 g/mol. The minimum absolute atomic E-state index is 0.114. The predicted octanol–water partition coefficient (Wildman–Crippen LogP) is 2.41. The fourth-order valence-electron chi connectivity index (χ4n) is 4.05. The topological polar surface area (TPSA) is 69.6 Å². The summed E-state index contributed by atoms with van der Waals surface area (Å²) in [4.78, 5) is 25.8. The number of piperidine rings is 2. The van der Waals surface area contributed by atoms with E-state index in [1.807, 2.05) is 13.8 Å². The van der Waals surface area contributed by atoms with Crippen LogP contribution in [-0.4, -0.2) is 40.5 Å². The van der Waals surface area contributed by atoms with Crippen LogP contribution in [-0.2, 0) is 22.6 Å². The molecule has 2 amide bonds. The van der Waals surface area contributed by atoms with Crippen LogP contribution in [0.15, 0.2) is 24.3 Å². The van der Waals surface area contributed by atoms with Gasteiger partial charge >= 0.3 is 0 Å². The van der Waals surface area contributed by atoms with Crippen LogP contribution in [0.3, 0.4) is 0 Å². The van der Waals surface area contributed by atoms with Gasteiger partial charge in [-0.3, -0.25) is 19.8 Å². The number of hydrogen-bond donors (Lipinski definition) is 2. The van der Waals surface area contributed by atoms with Crippen molar-refractivity contribution < 1.29 is 14.7 Å². The van der Waals surface area contributed by atoms with Crippen molar-refractivity contribution in [3.05, 3.63) is 35.4 Å². The summed E-state index contributed by atoms with van der Waals surface area (Å²) in [6, 6.07) is 8.64. The van der Waals surface area contributed by atoms with E-state index in [1.54, 1.807) is 0 Å². The molecule has 1 spiro atoms. The first-order valence-electron chi connectivity index (χ1n) is 9.58. The summed E-state index contributed by atoms with van der Waals surface area (Å²) in [6.07, 6.45) is 4.44. The summed E-state index contributed by atoms with van der Waals surface area (Å²) in [5.41, 5.74) is 1.79. The number of aryl methyl sites for hydroxylation is 1. The van der Waals surface area contributed by atoms with Crippen LogP contribution in [0.5, 0.6) is 0 Å². The molecule has 2 heterocycles. The lowest BCUT2D eigenvalue weighted by molar-refractivity contribution is -0.139. The van der Waals surface area contributed by atoms with Crippen molar-refractivity contribution in [2.24, 2.45) is 5.41 Å². The Bertz CT molecular complexity index is 635. The van der Waals surface area contributed by atoms with Crippen molar-refractivity contribution >= 4 is 11.8 Å². The number of rotatable bonds is 5. The largest absolute Gasteiger partial charge is 0.390 e. The van der Waals surface area contributed by atoms with Crippen molar-refractivity contribution in [3.63, 3.8) is 0 Å². The Hall–Kier alpha value is -1.72. The molecule has 142 valence electrons. The highest BCUT2D eigenvalue weighted by Crippen LogP contribution is 2.40. The van der Waals surface area contributed by atoms with Gasteiger partial charge in [-0.15, -0.1) is 0 Å². The summed E-state index contributed by atoms with van der Waals surface area (Å²) >= 11 is 0. The van der Waals surface area contributed by atoms with E-state index in [4.69, 9.17) is 0 Å². The Kier molecular flexibility index (Phi) is 5.49. The maximum Gasteiger partial charge on any atom is 0.227 e. The van der Waals surface area contributed by atoms with Gasteiger partial charge < -0.3 is 5.11 Å². The Morgan fingerprint density at radius 3 is 2.12 bits per heavy atom. The van der Waals surface area contributed by atoms with Crippen molar-refractivity contribution in [2.45, 2.75) is 64.5 Å². The maximum absolute atomic E-state index is 11.7. The normalized spacial score (nSPS) is 21.0. The smallest absolute Gasteiger partial charge is 0.227 e. The number of nitrogens with zero attached hydrogens (tertiary/aromatic N) is 1. The van der Waals surface area contributed by atoms with E-state index in [1.165, 1.54) is 11.1 Å². The summed E-state index contributed by atoms with van der Waals surface area (Å²) in [5.74, 6) is -0.229. The minimum atomic E-state index is -0.625. The summed E-state index contributed by atoms with van der Waals surface area (Å²) in [6.45, 7) is 6.45. The van der Waals surface area contributed by atoms with E-state index >= 15 is 0 Å². The van der Waals surface area contributed by atoms with Crippen LogP contribution < -0.4 is 5.32 Å². The van der Waals surface area contributed by atoms with Gasteiger partial charge in [0.15, 0.2) is 0 Å². The van der Waals surface area contributed by atoms with Crippen LogP contribution in [0, 0.1) is 5.41 Å². The van der Waals surface area contributed by atoms with Crippen molar-refractivity contribution in [2.75, 3.05) is 13.1 Å². The molecule has 0 aliphatic carbocycles. The highest BCUT2D eigenvalue weighted by atomic mass is 16.3. The van der Waals surface area contributed by atoms with Gasteiger partial charge in [0.05, 0.1) is 5.60 Å². The average Bonchev–Trinajstić information content (AvgIpc) is 2.55. The molecule has 0 radical (unpaired) electrons. The second-order valence-electron chi connectivity index (χ2n) is 8.73. The molecule has 0 saturated carbocycles. The fraction of sp³-hybridized carbons (Fsp3) is 0.619. The lowest BCUT2D eigenvalue weighted by Crippen LogP contribution is -2.49. The van der Waals surface area contributed by atoms with Crippen LogP contribution in [0.4, 0.5) is 0 Å². The molecule has 1 aromatic carbocycles. The monoisotopic (exact) mass is 358 g/mol. The lowest BCUT2D eigenvalue weighted by atomic mass is 9.71. The van der Waals surface area contributed by atoms with Gasteiger partial charge in [-0.05, 0) is 69.2 Å². The highest BCUT2D eigenvalue weighted by Gasteiger charge is 2.41. The third-order valence-electron chi connectivity index (χ3n) is 5.72. The SMILES string of the molecule is CC(C)(O)CCc1ccc(CN2CCC3(CC2)CC(=O)NC(=O)C3)cc1. The van der Waals surface area contributed by atoms with E-state index in [-0.39, 0.29) is 17.2 Å². The number of aliphatic hydroxyl groups is 1. The van der Waals surface area contributed by atoms with Gasteiger partial charge in [0, 0.05) is 19.4 Å². The molecule has 5 heteroatoms. The molecule has 1 aromatic rings. The second kappa shape index (κ2) is 7.49. The third kappa shape index (κ3) is 5.15. The van der Waals surface area contributed by atoms with E-state index in [2.05, 4.69) is 34.5 Å². The number of likely N-dealkylation sites (tertiary alicyclic amines) is 1. The van der Waals surface area contributed by atoms with Crippen molar-refractivity contribution in [1.29, 1.82) is 0 Å². The van der Waals surface area contributed by atoms with E-state index in [0.29, 0.717) is 12.8 Å². The van der Waals surface area contributed by atoms with Gasteiger partial charge in [0.2, 0.25) is 11.8 Å². The molecular weight excluding hydrogens is 328 g/mol. The first-order chi connectivity index (χ1) is 12.2. The quantitative estimate of drug-likeness (QED) is 0.793. The molecule has 3 rings (SSSR count). The van der Waals surface area contributed by atoms with Gasteiger partial charge in [0.25, 0.3) is 0 Å². The Balaban J connectivity index is 1.50. The molecule has 26 heavy (non-hydrogen) atoms. The summed E-state index contributed by atoms with van der Waals surface area (Å²) in [5, 5.41) is 12.3. The predicted molar refractivity (Wildman–Crippen MR) is 100 cm³/mol. The van der Waals surface area contributed by atoms with Crippen LogP contribution >= 0.6 is 0 Å². The molecule has 0 bridgehead atoms. The molecule has 2 saturated heterocycles. The maximum atomic E-state index is 11.7. The van der Waals surface area contributed by atoms with Gasteiger partial charge in [-0.1, -0.05) is 24.3 Å². The van der Waals surface area contributed by atoms with Gasteiger partial charge in [-0.2, -0.15) is 0 Å². The first kappa shape index (κ1) is 19.1. The van der Waals surface area contributed by atoms with E-state index in [9.17, 15) is 14.7 Å². The van der Waals surface area contributed by atoms with E-state index < -0.39 is 5.60 Å². The number of carbonyl (C=O) groups is 2. The van der Waals surface area contributed by atoms with Crippen LogP contribution in [0.2, 0.25) is 0 Å². The molecule has 0 aromatic heterocycles. The zero-order chi connectivity index (χ0) is 18.8. The second-order valence-corrected chi connectivity index (χ2v) is 8.73. The number of amides is 2. The molecule has 2 N–H and O–H groups in total. The molecule has 0 unspecified atom stereocenters. The zero-order valence-electron chi connectivity index (χ0n) is 15.9. The number of imide groups is 1. The number of benzene rings is 1. The minimum Gasteiger partial charge on any atom is -0.390 e. The Morgan fingerprint density at radius 1 is 1.04 bits per heavy atom. The van der Waals surface area contributed by atoms with Crippen LogP contribution in [0.1, 0.15) is 57.1 Å². The van der Waals surface area contributed by atoms with Gasteiger partial charge in [0.1, 0.15) is 0 Å². The van der Waals surface area contributed by atoms with Crippen LogP contribution in [0.25, 0.3) is 0 Å².